The molecule has 1 heterocycles. The van der Waals surface area contributed by atoms with Crippen molar-refractivity contribution in [1.82, 2.24) is 9.97 Å². The third kappa shape index (κ3) is 1.78. The topological polar surface area (TPSA) is 28.7 Å². The van der Waals surface area contributed by atoms with Gasteiger partial charge >= 0.3 is 0 Å². The van der Waals surface area contributed by atoms with Crippen LogP contribution in [0, 0.1) is 6.08 Å². The van der Waals surface area contributed by atoms with E-state index in [-0.39, 0.29) is 0 Å². The number of aromatic amines is 1. The average Bonchev–Trinajstić information content (AvgIpc) is 2.29. The van der Waals surface area contributed by atoms with E-state index in [2.05, 4.69) is 16.5 Å². The smallest absolute Gasteiger partial charge is 0.287 e. The molecular formula is C8H8F2N2. The molecule has 0 radical (unpaired) electrons. The van der Waals surface area contributed by atoms with Gasteiger partial charge in [0.15, 0.2) is 0 Å². The summed E-state index contributed by atoms with van der Waals surface area (Å²) in [6.07, 6.45) is 1.78. The fourth-order valence-corrected chi connectivity index (χ4v) is 0.834. The highest BCUT2D eigenvalue weighted by molar-refractivity contribution is 5.59. The molecule has 0 bridgehead atoms. The van der Waals surface area contributed by atoms with Crippen molar-refractivity contribution >= 4 is 12.2 Å². The summed E-state index contributed by atoms with van der Waals surface area (Å²) >= 11 is 0. The summed E-state index contributed by atoms with van der Waals surface area (Å²) in [4.78, 5) is 5.69. The Morgan fingerprint density at radius 3 is 2.83 bits per heavy atom. The van der Waals surface area contributed by atoms with E-state index in [9.17, 15) is 8.78 Å². The normalized spacial score (nSPS) is 11.8. The highest BCUT2D eigenvalue weighted by Crippen LogP contribution is 2.11. The van der Waals surface area contributed by atoms with Gasteiger partial charge in [-0.05, 0) is 19.1 Å². The van der Waals surface area contributed by atoms with Crippen molar-refractivity contribution in [2.75, 3.05) is 0 Å². The van der Waals surface area contributed by atoms with Gasteiger partial charge in [0.2, 0.25) is 0 Å². The first-order valence-electron chi connectivity index (χ1n) is 3.35. The third-order valence-electron chi connectivity index (χ3n) is 1.27. The molecule has 1 aromatic rings. The second kappa shape index (κ2) is 3.30. The maximum absolute atomic E-state index is 12.5. The van der Waals surface area contributed by atoms with Crippen molar-refractivity contribution in [1.29, 1.82) is 0 Å². The molecule has 1 N–H and O–H groups in total. The molecule has 1 rings (SSSR count). The second-order valence-corrected chi connectivity index (χ2v) is 2.26. The van der Waals surface area contributed by atoms with Crippen LogP contribution in [0.1, 0.15) is 18.3 Å². The number of aromatic nitrogens is 2. The molecule has 2 nitrogen and oxygen atoms in total. The number of H-pyrrole nitrogens is 1. The standard InChI is InChI=1S/C8H8F2N2/c1-3-6-7(4-5(2)9)12-8(10)11-6/h3-4H,1H2,2H3,(H,11,12)/b5-4+. The van der Waals surface area contributed by atoms with Gasteiger partial charge < -0.3 is 4.98 Å². The van der Waals surface area contributed by atoms with Crippen LogP contribution >= 0.6 is 0 Å². The summed E-state index contributed by atoms with van der Waals surface area (Å²) in [6.45, 7) is 4.68. The molecule has 0 saturated carbocycles. The highest BCUT2D eigenvalue weighted by Gasteiger charge is 2.04. The first-order chi connectivity index (χ1) is 5.63. The van der Waals surface area contributed by atoms with Gasteiger partial charge in [0.1, 0.15) is 0 Å². The van der Waals surface area contributed by atoms with Crippen LogP contribution in [0.15, 0.2) is 12.4 Å². The van der Waals surface area contributed by atoms with Crippen molar-refractivity contribution in [2.24, 2.45) is 0 Å². The minimum absolute atomic E-state index is 0.294. The monoisotopic (exact) mass is 170 g/mol. The van der Waals surface area contributed by atoms with E-state index in [4.69, 9.17) is 0 Å². The number of hydrogen-bond acceptors (Lipinski definition) is 1. The van der Waals surface area contributed by atoms with Gasteiger partial charge in [-0.2, -0.15) is 4.39 Å². The Balaban J connectivity index is 3.13. The van der Waals surface area contributed by atoms with Crippen molar-refractivity contribution in [3.05, 3.63) is 29.9 Å². The van der Waals surface area contributed by atoms with E-state index < -0.39 is 11.9 Å². The summed E-state index contributed by atoms with van der Waals surface area (Å²) in [5.74, 6) is -0.415. The molecule has 0 unspecified atom stereocenters. The number of nitrogens with one attached hydrogen (secondary N) is 1. The Morgan fingerprint density at radius 1 is 1.67 bits per heavy atom. The fourth-order valence-electron chi connectivity index (χ4n) is 0.834. The molecule has 12 heavy (non-hydrogen) atoms. The van der Waals surface area contributed by atoms with Gasteiger partial charge in [0.05, 0.1) is 17.2 Å². The number of rotatable bonds is 2. The Kier molecular flexibility index (Phi) is 2.38. The van der Waals surface area contributed by atoms with Crippen molar-refractivity contribution in [2.45, 2.75) is 6.92 Å². The molecule has 0 spiro atoms. The number of allylic oxidation sites excluding steroid dienone is 1. The lowest BCUT2D eigenvalue weighted by Gasteiger charge is -1.87. The first-order valence-corrected chi connectivity index (χ1v) is 3.35. The van der Waals surface area contributed by atoms with E-state index in [1.165, 1.54) is 13.0 Å². The molecule has 0 aromatic carbocycles. The molecule has 4 heteroatoms. The van der Waals surface area contributed by atoms with Gasteiger partial charge in [-0.25, -0.2) is 9.37 Å². The van der Waals surface area contributed by atoms with Gasteiger partial charge in [0, 0.05) is 0 Å². The lowest BCUT2D eigenvalue weighted by Crippen LogP contribution is -1.76. The van der Waals surface area contributed by atoms with E-state index in [0.717, 1.165) is 6.08 Å². The van der Waals surface area contributed by atoms with Gasteiger partial charge in [-0.1, -0.05) is 6.58 Å². The molecular weight excluding hydrogens is 162 g/mol. The number of nitrogens with zero attached hydrogens (tertiary/aromatic N) is 1. The molecule has 1 aromatic heterocycles. The Hall–Kier alpha value is -1.45. The molecule has 0 aliphatic rings. The van der Waals surface area contributed by atoms with E-state index in [0.29, 0.717) is 11.4 Å². The summed E-state index contributed by atoms with van der Waals surface area (Å²) in [7, 11) is 0. The second-order valence-electron chi connectivity index (χ2n) is 2.26. The zero-order valence-electron chi connectivity index (χ0n) is 6.56. The number of imidazole rings is 1. The van der Waals surface area contributed by atoms with Crippen molar-refractivity contribution < 1.29 is 8.78 Å². The maximum Gasteiger partial charge on any atom is 0.287 e. The molecule has 0 saturated heterocycles. The van der Waals surface area contributed by atoms with Crippen LogP contribution in [-0.4, -0.2) is 9.97 Å². The Bertz CT molecular complexity index is 322. The number of hydrogen-bond donors (Lipinski definition) is 1. The highest BCUT2D eigenvalue weighted by atomic mass is 19.1. The predicted molar refractivity (Wildman–Crippen MR) is 43.4 cm³/mol. The van der Waals surface area contributed by atoms with Crippen LogP contribution in [0.5, 0.6) is 0 Å². The molecule has 0 atom stereocenters. The Labute approximate surface area is 68.6 Å². The Morgan fingerprint density at radius 2 is 2.33 bits per heavy atom. The van der Waals surface area contributed by atoms with Gasteiger partial charge in [-0.3, -0.25) is 0 Å². The summed E-state index contributed by atoms with van der Waals surface area (Å²) in [6, 6.07) is 0. The molecule has 0 aliphatic carbocycles. The van der Waals surface area contributed by atoms with E-state index in [1.54, 1.807) is 0 Å². The minimum Gasteiger partial charge on any atom is -0.314 e. The summed E-state index contributed by atoms with van der Waals surface area (Å²) in [5, 5.41) is 0. The van der Waals surface area contributed by atoms with E-state index >= 15 is 0 Å². The van der Waals surface area contributed by atoms with Crippen molar-refractivity contribution in [3.8, 4) is 0 Å². The SMILES string of the molecule is C=Cc1nc(F)[nH]c1/C=C(\C)F. The molecule has 64 valence electrons. The minimum atomic E-state index is -0.739. The quantitative estimate of drug-likeness (QED) is 0.725. The van der Waals surface area contributed by atoms with Crippen LogP contribution in [0.2, 0.25) is 0 Å². The maximum atomic E-state index is 12.5. The molecule has 0 fully saturated rings. The predicted octanol–water partition coefficient (Wildman–Crippen LogP) is 2.52. The van der Waals surface area contributed by atoms with Gasteiger partial charge in [0.25, 0.3) is 6.08 Å². The average molecular weight is 170 g/mol. The fraction of sp³-hybridized carbons (Fsp3) is 0.125. The lowest BCUT2D eigenvalue weighted by molar-refractivity contribution is 0.551. The lowest BCUT2D eigenvalue weighted by atomic mass is 10.3. The van der Waals surface area contributed by atoms with Crippen LogP contribution < -0.4 is 0 Å². The molecule has 0 aliphatic heterocycles. The van der Waals surface area contributed by atoms with Crippen LogP contribution in [-0.2, 0) is 0 Å². The van der Waals surface area contributed by atoms with Crippen LogP contribution in [0.4, 0.5) is 8.78 Å². The third-order valence-corrected chi connectivity index (χ3v) is 1.27. The zero-order chi connectivity index (χ0) is 9.14. The van der Waals surface area contributed by atoms with Gasteiger partial charge in [-0.15, -0.1) is 0 Å². The summed E-state index contributed by atoms with van der Waals surface area (Å²) < 4.78 is 24.8. The number of halogens is 2. The van der Waals surface area contributed by atoms with E-state index in [1.807, 2.05) is 0 Å². The van der Waals surface area contributed by atoms with Crippen LogP contribution in [0.3, 0.4) is 0 Å². The zero-order valence-corrected chi connectivity index (χ0v) is 6.56. The molecule has 0 amide bonds. The first kappa shape index (κ1) is 8.64. The summed E-state index contributed by atoms with van der Waals surface area (Å²) in [5.41, 5.74) is 0.604. The van der Waals surface area contributed by atoms with Crippen LogP contribution in [0.25, 0.3) is 12.2 Å². The largest absolute Gasteiger partial charge is 0.314 e. The van der Waals surface area contributed by atoms with Crippen molar-refractivity contribution in [3.63, 3.8) is 0 Å².